The van der Waals surface area contributed by atoms with Gasteiger partial charge in [-0.15, -0.1) is 0 Å². The van der Waals surface area contributed by atoms with E-state index in [1.807, 2.05) is 32.0 Å². The van der Waals surface area contributed by atoms with Gasteiger partial charge in [-0.1, -0.05) is 12.1 Å². The van der Waals surface area contributed by atoms with Gasteiger partial charge in [-0.2, -0.15) is 0 Å². The summed E-state index contributed by atoms with van der Waals surface area (Å²) in [5, 5.41) is 1.11. The molecule has 0 aliphatic heterocycles. The van der Waals surface area contributed by atoms with E-state index in [2.05, 4.69) is 28.2 Å². The quantitative estimate of drug-likeness (QED) is 0.718. The highest BCUT2D eigenvalue weighted by Gasteiger charge is 2.05. The van der Waals surface area contributed by atoms with E-state index < -0.39 is 0 Å². The molecule has 0 amide bonds. The number of anilines is 1. The summed E-state index contributed by atoms with van der Waals surface area (Å²) in [6, 6.07) is 12.3. The van der Waals surface area contributed by atoms with Crippen molar-refractivity contribution in [2.75, 3.05) is 5.73 Å². The fourth-order valence-electron chi connectivity index (χ4n) is 2.21. The molecule has 0 fully saturated rings. The molecule has 19 heavy (non-hydrogen) atoms. The van der Waals surface area contributed by atoms with Crippen LogP contribution in [-0.4, -0.2) is 9.97 Å². The standard InChI is InChI=1S/C16H15N3/c1-10-7-14(16(17)18-9-10)12-5-6-15-13(8-12)4-3-11(2)19-15/h3-9H,1-2H3,(H2,17,18). The predicted octanol–water partition coefficient (Wildman–Crippen LogP) is 3.50. The Kier molecular flexibility index (Phi) is 2.67. The molecule has 94 valence electrons. The first-order valence-corrected chi connectivity index (χ1v) is 6.23. The van der Waals surface area contributed by atoms with Crippen LogP contribution in [0.2, 0.25) is 0 Å². The summed E-state index contributed by atoms with van der Waals surface area (Å²) >= 11 is 0. The molecule has 0 unspecified atom stereocenters. The Hall–Kier alpha value is -2.42. The molecule has 3 heteroatoms. The van der Waals surface area contributed by atoms with Crippen LogP contribution in [0.1, 0.15) is 11.3 Å². The highest BCUT2D eigenvalue weighted by molar-refractivity contribution is 5.86. The first-order valence-electron chi connectivity index (χ1n) is 6.23. The molecule has 1 aromatic carbocycles. The van der Waals surface area contributed by atoms with Gasteiger partial charge < -0.3 is 5.73 Å². The number of hydrogen-bond acceptors (Lipinski definition) is 3. The van der Waals surface area contributed by atoms with Crippen LogP contribution in [-0.2, 0) is 0 Å². The minimum absolute atomic E-state index is 0.560. The average molecular weight is 249 g/mol. The molecule has 0 aliphatic rings. The third kappa shape index (κ3) is 2.15. The first-order chi connectivity index (χ1) is 9.13. The largest absolute Gasteiger partial charge is 0.383 e. The van der Waals surface area contributed by atoms with Crippen molar-refractivity contribution in [3.8, 4) is 11.1 Å². The molecule has 2 heterocycles. The molecule has 0 radical (unpaired) electrons. The number of nitrogen functional groups attached to an aromatic ring is 1. The fraction of sp³-hybridized carbons (Fsp3) is 0.125. The van der Waals surface area contributed by atoms with Gasteiger partial charge in [0.2, 0.25) is 0 Å². The third-order valence-corrected chi connectivity index (χ3v) is 3.19. The zero-order chi connectivity index (χ0) is 13.4. The van der Waals surface area contributed by atoms with Crippen molar-refractivity contribution in [1.82, 2.24) is 9.97 Å². The van der Waals surface area contributed by atoms with Crippen LogP contribution in [0.25, 0.3) is 22.0 Å². The number of aromatic nitrogens is 2. The molecule has 0 atom stereocenters. The van der Waals surface area contributed by atoms with Crippen LogP contribution in [0.4, 0.5) is 5.82 Å². The van der Waals surface area contributed by atoms with E-state index in [-0.39, 0.29) is 0 Å². The molecular formula is C16H15N3. The van der Waals surface area contributed by atoms with E-state index in [1.54, 1.807) is 6.20 Å². The molecule has 3 nitrogen and oxygen atoms in total. The maximum absolute atomic E-state index is 5.96. The predicted molar refractivity (Wildman–Crippen MR) is 78.9 cm³/mol. The van der Waals surface area contributed by atoms with Crippen LogP contribution >= 0.6 is 0 Å². The minimum Gasteiger partial charge on any atom is -0.383 e. The van der Waals surface area contributed by atoms with E-state index in [4.69, 9.17) is 5.73 Å². The van der Waals surface area contributed by atoms with E-state index in [9.17, 15) is 0 Å². The smallest absolute Gasteiger partial charge is 0.131 e. The second-order valence-electron chi connectivity index (χ2n) is 4.81. The fourth-order valence-corrected chi connectivity index (χ4v) is 2.21. The topological polar surface area (TPSA) is 51.8 Å². The second-order valence-corrected chi connectivity index (χ2v) is 4.81. The molecular weight excluding hydrogens is 234 g/mol. The van der Waals surface area contributed by atoms with Gasteiger partial charge in [0.1, 0.15) is 5.82 Å². The molecule has 0 saturated carbocycles. The summed E-state index contributed by atoms with van der Waals surface area (Å²) in [7, 11) is 0. The summed E-state index contributed by atoms with van der Waals surface area (Å²) in [6.45, 7) is 4.01. The Morgan fingerprint density at radius 3 is 2.68 bits per heavy atom. The zero-order valence-electron chi connectivity index (χ0n) is 11.0. The molecule has 3 rings (SSSR count). The minimum atomic E-state index is 0.560. The van der Waals surface area contributed by atoms with Crippen molar-refractivity contribution in [2.24, 2.45) is 0 Å². The molecule has 0 spiro atoms. The van der Waals surface area contributed by atoms with Crippen LogP contribution in [0.5, 0.6) is 0 Å². The molecule has 0 bridgehead atoms. The normalized spacial score (nSPS) is 10.8. The molecule has 0 saturated heterocycles. The second kappa shape index (κ2) is 4.35. The number of benzene rings is 1. The SMILES string of the molecule is Cc1cnc(N)c(-c2ccc3nc(C)ccc3c2)c1. The summed E-state index contributed by atoms with van der Waals surface area (Å²) in [5.41, 5.74) is 11.1. The number of hydrogen-bond donors (Lipinski definition) is 1. The van der Waals surface area contributed by atoms with Crippen molar-refractivity contribution in [1.29, 1.82) is 0 Å². The van der Waals surface area contributed by atoms with E-state index >= 15 is 0 Å². The van der Waals surface area contributed by atoms with Crippen LogP contribution in [0, 0.1) is 13.8 Å². The number of aryl methyl sites for hydroxylation is 2. The monoisotopic (exact) mass is 249 g/mol. The van der Waals surface area contributed by atoms with E-state index in [0.29, 0.717) is 5.82 Å². The van der Waals surface area contributed by atoms with E-state index in [1.165, 1.54) is 0 Å². The average Bonchev–Trinajstić information content (AvgIpc) is 2.41. The van der Waals surface area contributed by atoms with Gasteiger partial charge in [0.05, 0.1) is 5.52 Å². The number of nitrogens with two attached hydrogens (primary N) is 1. The molecule has 3 aromatic rings. The molecule has 0 aliphatic carbocycles. The highest BCUT2D eigenvalue weighted by atomic mass is 14.8. The van der Waals surface area contributed by atoms with Crippen LogP contribution < -0.4 is 5.73 Å². The van der Waals surface area contributed by atoms with Gasteiger partial charge in [0.15, 0.2) is 0 Å². The van der Waals surface area contributed by atoms with Crippen LogP contribution in [0.15, 0.2) is 42.6 Å². The van der Waals surface area contributed by atoms with Gasteiger partial charge in [-0.25, -0.2) is 4.98 Å². The Morgan fingerprint density at radius 1 is 1.00 bits per heavy atom. The maximum Gasteiger partial charge on any atom is 0.131 e. The third-order valence-electron chi connectivity index (χ3n) is 3.19. The van der Waals surface area contributed by atoms with Crippen molar-refractivity contribution in [3.63, 3.8) is 0 Å². The summed E-state index contributed by atoms with van der Waals surface area (Å²) in [6.07, 6.45) is 1.78. The Balaban J connectivity index is 2.20. The van der Waals surface area contributed by atoms with Crippen molar-refractivity contribution in [2.45, 2.75) is 13.8 Å². The number of nitrogens with zero attached hydrogens (tertiary/aromatic N) is 2. The molecule has 2 N–H and O–H groups in total. The van der Waals surface area contributed by atoms with Crippen molar-refractivity contribution < 1.29 is 0 Å². The van der Waals surface area contributed by atoms with Gasteiger partial charge in [0.25, 0.3) is 0 Å². The summed E-state index contributed by atoms with van der Waals surface area (Å²) in [5.74, 6) is 0.560. The van der Waals surface area contributed by atoms with Gasteiger partial charge in [0, 0.05) is 22.8 Å². The molecule has 2 aromatic heterocycles. The summed E-state index contributed by atoms with van der Waals surface area (Å²) in [4.78, 5) is 8.71. The highest BCUT2D eigenvalue weighted by Crippen LogP contribution is 2.27. The van der Waals surface area contributed by atoms with Gasteiger partial charge >= 0.3 is 0 Å². The number of rotatable bonds is 1. The number of fused-ring (bicyclic) bond motifs is 1. The van der Waals surface area contributed by atoms with Gasteiger partial charge in [-0.05, 0) is 49.2 Å². The zero-order valence-corrected chi connectivity index (χ0v) is 11.0. The Morgan fingerprint density at radius 2 is 1.84 bits per heavy atom. The number of pyridine rings is 2. The first kappa shape index (κ1) is 11.7. The lowest BCUT2D eigenvalue weighted by Gasteiger charge is -2.07. The lowest BCUT2D eigenvalue weighted by Crippen LogP contribution is -1.95. The van der Waals surface area contributed by atoms with Crippen molar-refractivity contribution >= 4 is 16.7 Å². The summed E-state index contributed by atoms with van der Waals surface area (Å²) < 4.78 is 0. The maximum atomic E-state index is 5.96. The lowest BCUT2D eigenvalue weighted by atomic mass is 10.0. The Bertz CT molecular complexity index is 763. The van der Waals surface area contributed by atoms with Crippen LogP contribution in [0.3, 0.4) is 0 Å². The van der Waals surface area contributed by atoms with E-state index in [0.717, 1.165) is 33.3 Å². The van der Waals surface area contributed by atoms with Crippen molar-refractivity contribution in [3.05, 3.63) is 53.9 Å². The van der Waals surface area contributed by atoms with Gasteiger partial charge in [-0.3, -0.25) is 4.98 Å². The lowest BCUT2D eigenvalue weighted by molar-refractivity contribution is 1.25. The Labute approximate surface area is 112 Å².